The summed E-state index contributed by atoms with van der Waals surface area (Å²) >= 11 is 0. The van der Waals surface area contributed by atoms with Crippen molar-refractivity contribution in [2.45, 2.75) is 26.8 Å². The molecule has 3 rings (SSSR count). The normalized spacial score (nSPS) is 14.8. The fourth-order valence-corrected chi connectivity index (χ4v) is 3.38. The molecule has 160 valence electrons. The van der Waals surface area contributed by atoms with E-state index in [1.165, 1.54) is 5.56 Å². The van der Waals surface area contributed by atoms with Gasteiger partial charge < -0.3 is 14.4 Å². The highest BCUT2D eigenvalue weighted by atomic mass is 16.5. The molecule has 1 aliphatic rings. The lowest BCUT2D eigenvalue weighted by molar-refractivity contribution is -0.127. The number of carbonyl (C=O) groups is 1. The summed E-state index contributed by atoms with van der Waals surface area (Å²) in [5.41, 5.74) is 2.12. The summed E-state index contributed by atoms with van der Waals surface area (Å²) in [4.78, 5) is 21.0. The molecular formula is C24H31N3O3. The third-order valence-electron chi connectivity index (χ3n) is 4.96. The number of carbonyl (C=O) groups excluding carboxylic acids is 1. The maximum atomic E-state index is 12.6. The Labute approximate surface area is 179 Å². The van der Waals surface area contributed by atoms with Crippen LogP contribution in [-0.4, -0.2) is 60.1 Å². The lowest BCUT2D eigenvalue weighted by atomic mass is 10.1. The zero-order valence-electron chi connectivity index (χ0n) is 17.9. The van der Waals surface area contributed by atoms with Gasteiger partial charge >= 0.3 is 0 Å². The van der Waals surface area contributed by atoms with Crippen LogP contribution in [0.15, 0.2) is 48.8 Å². The molecule has 0 N–H and O–H groups in total. The van der Waals surface area contributed by atoms with Crippen LogP contribution in [0.1, 0.15) is 31.4 Å². The number of hydrogen-bond acceptors (Lipinski definition) is 5. The molecule has 1 aromatic carbocycles. The highest BCUT2D eigenvalue weighted by molar-refractivity contribution is 5.92. The molecule has 0 unspecified atom stereocenters. The minimum absolute atomic E-state index is 0.0419. The van der Waals surface area contributed by atoms with E-state index in [9.17, 15) is 4.79 Å². The summed E-state index contributed by atoms with van der Waals surface area (Å²) < 4.78 is 11.4. The number of amides is 1. The molecule has 0 bridgehead atoms. The van der Waals surface area contributed by atoms with Crippen molar-refractivity contribution in [3.05, 3.63) is 59.9 Å². The van der Waals surface area contributed by atoms with E-state index in [4.69, 9.17) is 9.47 Å². The predicted octanol–water partition coefficient (Wildman–Crippen LogP) is 3.63. The van der Waals surface area contributed by atoms with Crippen molar-refractivity contribution in [3.8, 4) is 11.5 Å². The molecule has 0 radical (unpaired) electrons. The van der Waals surface area contributed by atoms with E-state index in [2.05, 4.69) is 22.9 Å². The van der Waals surface area contributed by atoms with Crippen LogP contribution in [0.3, 0.4) is 0 Å². The highest BCUT2D eigenvalue weighted by Gasteiger charge is 2.19. The van der Waals surface area contributed by atoms with Gasteiger partial charge in [-0.25, -0.2) is 0 Å². The van der Waals surface area contributed by atoms with Gasteiger partial charge in [0.15, 0.2) is 11.5 Å². The van der Waals surface area contributed by atoms with Gasteiger partial charge in [-0.3, -0.25) is 14.7 Å². The van der Waals surface area contributed by atoms with Crippen molar-refractivity contribution in [3.63, 3.8) is 0 Å². The van der Waals surface area contributed by atoms with E-state index >= 15 is 0 Å². The van der Waals surface area contributed by atoms with Crippen LogP contribution >= 0.6 is 0 Å². The van der Waals surface area contributed by atoms with Gasteiger partial charge in [0.2, 0.25) is 5.91 Å². The number of benzene rings is 1. The molecule has 0 saturated carbocycles. The van der Waals surface area contributed by atoms with Gasteiger partial charge in [-0.15, -0.1) is 0 Å². The van der Waals surface area contributed by atoms with Gasteiger partial charge in [0.25, 0.3) is 0 Å². The predicted molar refractivity (Wildman–Crippen MR) is 119 cm³/mol. The molecule has 0 atom stereocenters. The number of piperazine rings is 1. The van der Waals surface area contributed by atoms with E-state index in [0.717, 1.165) is 50.5 Å². The molecule has 30 heavy (non-hydrogen) atoms. The van der Waals surface area contributed by atoms with Crippen LogP contribution in [0.5, 0.6) is 11.5 Å². The second-order valence-corrected chi connectivity index (χ2v) is 7.28. The molecule has 2 aromatic rings. The van der Waals surface area contributed by atoms with Crippen LogP contribution in [0.25, 0.3) is 6.08 Å². The van der Waals surface area contributed by atoms with E-state index < -0.39 is 0 Å². The standard InChI is InChI=1S/C24H31N3O3/c1-3-16-30-22-9-7-20(17-23(22)29-4-2)8-10-24(28)27-14-12-26(13-15-27)19-21-6-5-11-25-18-21/h5-11,17-18H,3-4,12-16,19H2,1-2H3/b10-8+. The Hall–Kier alpha value is -2.86. The molecule has 1 fully saturated rings. The Morgan fingerprint density at radius 2 is 1.93 bits per heavy atom. The first-order chi connectivity index (χ1) is 14.7. The number of hydrogen-bond donors (Lipinski definition) is 0. The van der Waals surface area contributed by atoms with Gasteiger partial charge in [0.1, 0.15) is 0 Å². The fourth-order valence-electron chi connectivity index (χ4n) is 3.38. The largest absolute Gasteiger partial charge is 0.490 e. The van der Waals surface area contributed by atoms with Crippen molar-refractivity contribution >= 4 is 12.0 Å². The first-order valence-electron chi connectivity index (χ1n) is 10.7. The maximum Gasteiger partial charge on any atom is 0.246 e. The molecule has 0 aliphatic carbocycles. The second-order valence-electron chi connectivity index (χ2n) is 7.28. The average molecular weight is 410 g/mol. The Balaban J connectivity index is 1.53. The maximum absolute atomic E-state index is 12.6. The Bertz CT molecular complexity index is 831. The Morgan fingerprint density at radius 3 is 2.63 bits per heavy atom. The monoisotopic (exact) mass is 409 g/mol. The number of nitrogens with zero attached hydrogens (tertiary/aromatic N) is 3. The first kappa shape index (κ1) is 21.8. The molecule has 6 heteroatoms. The van der Waals surface area contributed by atoms with Crippen LogP contribution < -0.4 is 9.47 Å². The number of aromatic nitrogens is 1. The summed E-state index contributed by atoms with van der Waals surface area (Å²) in [5.74, 6) is 1.50. The zero-order chi connectivity index (χ0) is 21.2. The van der Waals surface area contributed by atoms with E-state index in [1.54, 1.807) is 12.3 Å². The summed E-state index contributed by atoms with van der Waals surface area (Å²) in [6.45, 7) is 9.32. The van der Waals surface area contributed by atoms with Crippen molar-refractivity contribution < 1.29 is 14.3 Å². The SMILES string of the molecule is CCCOc1ccc(/C=C/C(=O)N2CCN(Cc3cccnc3)CC2)cc1OCC. The second kappa shape index (κ2) is 11.4. The quantitative estimate of drug-likeness (QED) is 0.592. The Morgan fingerprint density at radius 1 is 1.10 bits per heavy atom. The van der Waals surface area contributed by atoms with Crippen molar-refractivity contribution in [1.82, 2.24) is 14.8 Å². The van der Waals surface area contributed by atoms with E-state index in [1.807, 2.05) is 48.4 Å². The van der Waals surface area contributed by atoms with Gasteiger partial charge in [0.05, 0.1) is 13.2 Å². The van der Waals surface area contributed by atoms with Gasteiger partial charge in [-0.1, -0.05) is 19.1 Å². The van der Waals surface area contributed by atoms with Gasteiger partial charge in [-0.2, -0.15) is 0 Å². The van der Waals surface area contributed by atoms with Crippen molar-refractivity contribution in [2.75, 3.05) is 39.4 Å². The average Bonchev–Trinajstić information content (AvgIpc) is 2.78. The molecule has 1 aromatic heterocycles. The molecule has 0 spiro atoms. The van der Waals surface area contributed by atoms with Crippen LogP contribution in [0.4, 0.5) is 0 Å². The van der Waals surface area contributed by atoms with E-state index in [-0.39, 0.29) is 5.91 Å². The highest BCUT2D eigenvalue weighted by Crippen LogP contribution is 2.29. The van der Waals surface area contributed by atoms with Gasteiger partial charge in [-0.05, 0) is 48.7 Å². The Kier molecular flexibility index (Phi) is 8.27. The van der Waals surface area contributed by atoms with Crippen molar-refractivity contribution in [1.29, 1.82) is 0 Å². The molecule has 2 heterocycles. The molecule has 1 aliphatic heterocycles. The fraction of sp³-hybridized carbons (Fsp3) is 0.417. The third-order valence-corrected chi connectivity index (χ3v) is 4.96. The smallest absolute Gasteiger partial charge is 0.246 e. The summed E-state index contributed by atoms with van der Waals surface area (Å²) in [7, 11) is 0. The first-order valence-corrected chi connectivity index (χ1v) is 10.7. The minimum atomic E-state index is 0.0419. The van der Waals surface area contributed by atoms with Crippen LogP contribution in [0, 0.1) is 0 Å². The topological polar surface area (TPSA) is 54.9 Å². The third kappa shape index (κ3) is 6.32. The zero-order valence-corrected chi connectivity index (χ0v) is 17.9. The lowest BCUT2D eigenvalue weighted by Crippen LogP contribution is -2.47. The molecule has 6 nitrogen and oxygen atoms in total. The van der Waals surface area contributed by atoms with E-state index in [0.29, 0.717) is 19.0 Å². The molecule has 1 amide bonds. The van der Waals surface area contributed by atoms with Gasteiger partial charge in [0, 0.05) is 51.2 Å². The summed E-state index contributed by atoms with van der Waals surface area (Å²) in [5, 5.41) is 0. The minimum Gasteiger partial charge on any atom is -0.490 e. The summed E-state index contributed by atoms with van der Waals surface area (Å²) in [6.07, 6.45) is 8.12. The molecular weight excluding hydrogens is 378 g/mol. The van der Waals surface area contributed by atoms with Crippen LogP contribution in [-0.2, 0) is 11.3 Å². The number of rotatable bonds is 9. The van der Waals surface area contributed by atoms with Crippen LogP contribution in [0.2, 0.25) is 0 Å². The summed E-state index contributed by atoms with van der Waals surface area (Å²) in [6, 6.07) is 9.82. The van der Waals surface area contributed by atoms with Crippen molar-refractivity contribution in [2.24, 2.45) is 0 Å². The lowest BCUT2D eigenvalue weighted by Gasteiger charge is -2.34. The number of pyridine rings is 1. The molecule has 1 saturated heterocycles. The number of ether oxygens (including phenoxy) is 2.